The van der Waals surface area contributed by atoms with E-state index in [1.807, 2.05) is 18.2 Å². The van der Waals surface area contributed by atoms with E-state index in [-0.39, 0.29) is 0 Å². The topological polar surface area (TPSA) is 39.6 Å². The van der Waals surface area contributed by atoms with Gasteiger partial charge in [0.2, 0.25) is 0 Å². The minimum atomic E-state index is -0.747. The Balaban J connectivity index is 1.17. The first kappa shape index (κ1) is 18.1. The van der Waals surface area contributed by atoms with Crippen LogP contribution < -0.4 is 4.90 Å². The van der Waals surface area contributed by atoms with Crippen LogP contribution in [0.15, 0.2) is 42.6 Å². The second-order valence-electron chi connectivity index (χ2n) is 8.81. The first-order valence-corrected chi connectivity index (χ1v) is 11.0. The minimum absolute atomic E-state index is 0.652. The van der Waals surface area contributed by atoms with Gasteiger partial charge in [0, 0.05) is 44.1 Å². The van der Waals surface area contributed by atoms with Crippen LogP contribution in [0.25, 0.3) is 0 Å². The van der Waals surface area contributed by atoms with Crippen LogP contribution in [0.4, 0.5) is 5.69 Å². The first-order chi connectivity index (χ1) is 13.7. The molecule has 1 aromatic heterocycles. The predicted octanol–water partition coefficient (Wildman–Crippen LogP) is 3.52. The van der Waals surface area contributed by atoms with Crippen molar-refractivity contribution in [2.24, 2.45) is 0 Å². The summed E-state index contributed by atoms with van der Waals surface area (Å²) in [6, 6.07) is 13.6. The maximum atomic E-state index is 11.0. The molecule has 3 heterocycles. The second-order valence-corrected chi connectivity index (χ2v) is 8.81. The van der Waals surface area contributed by atoms with Crippen LogP contribution in [-0.2, 0) is 18.4 Å². The molecule has 4 heteroatoms. The lowest BCUT2D eigenvalue weighted by Crippen LogP contribution is -2.51. The number of fused-ring (bicyclic) bond motifs is 1. The van der Waals surface area contributed by atoms with Crippen molar-refractivity contribution in [2.45, 2.75) is 56.6 Å². The second kappa shape index (κ2) is 7.49. The van der Waals surface area contributed by atoms with Crippen molar-refractivity contribution >= 4 is 5.69 Å². The standard InChI is InChI=1S/C24H31N3O/c28-24(23-6-1-2-13-25-23)11-16-27(17-12-24)21-9-14-26(15-10-21)22-8-7-19-4-3-5-20(19)18-22/h1-2,6-8,13,18,21,28H,3-5,9-12,14-17H2. The van der Waals surface area contributed by atoms with E-state index < -0.39 is 5.60 Å². The molecular weight excluding hydrogens is 346 g/mol. The van der Waals surface area contributed by atoms with E-state index in [2.05, 4.69) is 33.0 Å². The summed E-state index contributed by atoms with van der Waals surface area (Å²) in [5.41, 5.74) is 4.64. The molecule has 3 aliphatic rings. The Morgan fingerprint density at radius 3 is 2.46 bits per heavy atom. The van der Waals surface area contributed by atoms with Crippen LogP contribution in [0, 0.1) is 0 Å². The highest BCUT2D eigenvalue weighted by Gasteiger charge is 2.37. The van der Waals surface area contributed by atoms with Gasteiger partial charge in [-0.2, -0.15) is 0 Å². The molecule has 5 rings (SSSR count). The van der Waals surface area contributed by atoms with Crippen molar-refractivity contribution in [3.05, 3.63) is 59.4 Å². The molecule has 4 nitrogen and oxygen atoms in total. The summed E-state index contributed by atoms with van der Waals surface area (Å²) in [7, 11) is 0. The van der Waals surface area contributed by atoms with Gasteiger partial charge in [-0.3, -0.25) is 4.98 Å². The number of hydrogen-bond donors (Lipinski definition) is 1. The van der Waals surface area contributed by atoms with Gasteiger partial charge in [-0.25, -0.2) is 0 Å². The average molecular weight is 378 g/mol. The van der Waals surface area contributed by atoms with Gasteiger partial charge >= 0.3 is 0 Å². The molecule has 2 aliphatic heterocycles. The molecule has 2 saturated heterocycles. The highest BCUT2D eigenvalue weighted by Crippen LogP contribution is 2.34. The number of pyridine rings is 1. The number of hydrogen-bond acceptors (Lipinski definition) is 4. The fraction of sp³-hybridized carbons (Fsp3) is 0.542. The smallest absolute Gasteiger partial charge is 0.109 e. The van der Waals surface area contributed by atoms with E-state index in [9.17, 15) is 5.11 Å². The van der Waals surface area contributed by atoms with Crippen molar-refractivity contribution in [3.63, 3.8) is 0 Å². The summed E-state index contributed by atoms with van der Waals surface area (Å²) in [5, 5.41) is 11.0. The lowest BCUT2D eigenvalue weighted by atomic mass is 9.86. The maximum absolute atomic E-state index is 11.0. The largest absolute Gasteiger partial charge is 0.383 e. The fourth-order valence-electron chi connectivity index (χ4n) is 5.40. The van der Waals surface area contributed by atoms with E-state index in [0.29, 0.717) is 6.04 Å². The molecule has 28 heavy (non-hydrogen) atoms. The number of piperidine rings is 2. The number of aliphatic hydroxyl groups is 1. The zero-order chi connectivity index (χ0) is 19.0. The first-order valence-electron chi connectivity index (χ1n) is 11.0. The van der Waals surface area contributed by atoms with Crippen molar-refractivity contribution in [1.29, 1.82) is 0 Å². The Hall–Kier alpha value is -1.91. The summed E-state index contributed by atoms with van der Waals surface area (Å²) >= 11 is 0. The van der Waals surface area contributed by atoms with Gasteiger partial charge < -0.3 is 14.9 Å². The Bertz CT molecular complexity index is 806. The van der Waals surface area contributed by atoms with Crippen molar-refractivity contribution in [1.82, 2.24) is 9.88 Å². The number of benzene rings is 1. The van der Waals surface area contributed by atoms with Crippen LogP contribution in [0.1, 0.15) is 48.9 Å². The summed E-state index contributed by atoms with van der Waals surface area (Å²) < 4.78 is 0. The molecule has 0 spiro atoms. The van der Waals surface area contributed by atoms with E-state index in [1.54, 1.807) is 17.3 Å². The van der Waals surface area contributed by atoms with E-state index in [0.717, 1.165) is 44.7 Å². The summed E-state index contributed by atoms with van der Waals surface area (Å²) in [5.74, 6) is 0. The van der Waals surface area contributed by atoms with Crippen molar-refractivity contribution in [3.8, 4) is 0 Å². The fourth-order valence-corrected chi connectivity index (χ4v) is 5.40. The molecule has 0 saturated carbocycles. The Morgan fingerprint density at radius 2 is 1.71 bits per heavy atom. The highest BCUT2D eigenvalue weighted by atomic mass is 16.3. The molecule has 0 amide bonds. The molecule has 2 aromatic rings. The van der Waals surface area contributed by atoms with Gasteiger partial charge in [0.05, 0.1) is 5.69 Å². The normalized spacial score (nSPS) is 23.0. The molecular formula is C24H31N3O. The number of likely N-dealkylation sites (tertiary alicyclic amines) is 1. The third kappa shape index (κ3) is 3.44. The molecule has 0 bridgehead atoms. The third-order valence-corrected chi connectivity index (χ3v) is 7.19. The SMILES string of the molecule is OC1(c2ccccn2)CCN(C2CCN(c3ccc4c(c3)CCC4)CC2)CC1. The van der Waals surface area contributed by atoms with E-state index in [4.69, 9.17) is 0 Å². The molecule has 1 aliphatic carbocycles. The number of aryl methyl sites for hydroxylation is 2. The Labute approximate surface area is 168 Å². The highest BCUT2D eigenvalue weighted by molar-refractivity contribution is 5.52. The minimum Gasteiger partial charge on any atom is -0.383 e. The molecule has 148 valence electrons. The Morgan fingerprint density at radius 1 is 0.929 bits per heavy atom. The number of nitrogens with zero attached hydrogens (tertiary/aromatic N) is 3. The van der Waals surface area contributed by atoms with Crippen molar-refractivity contribution in [2.75, 3.05) is 31.1 Å². The van der Waals surface area contributed by atoms with Crippen LogP contribution in [0.3, 0.4) is 0 Å². The number of aromatic nitrogens is 1. The van der Waals surface area contributed by atoms with Crippen molar-refractivity contribution < 1.29 is 5.11 Å². The van der Waals surface area contributed by atoms with Gasteiger partial charge in [-0.15, -0.1) is 0 Å². The zero-order valence-corrected chi connectivity index (χ0v) is 16.7. The van der Waals surface area contributed by atoms with Crippen LogP contribution in [-0.4, -0.2) is 47.2 Å². The van der Waals surface area contributed by atoms with Crippen LogP contribution >= 0.6 is 0 Å². The third-order valence-electron chi connectivity index (χ3n) is 7.19. The van der Waals surface area contributed by atoms with Gasteiger partial charge in [-0.05, 0) is 80.3 Å². The van der Waals surface area contributed by atoms with E-state index >= 15 is 0 Å². The van der Waals surface area contributed by atoms with Gasteiger partial charge in [-0.1, -0.05) is 12.1 Å². The van der Waals surface area contributed by atoms with Crippen LogP contribution in [0.2, 0.25) is 0 Å². The lowest BCUT2D eigenvalue weighted by molar-refractivity contribution is -0.0409. The summed E-state index contributed by atoms with van der Waals surface area (Å²) in [6.45, 7) is 4.22. The zero-order valence-electron chi connectivity index (χ0n) is 16.7. The Kier molecular flexibility index (Phi) is 4.85. The molecule has 1 N–H and O–H groups in total. The van der Waals surface area contributed by atoms with Gasteiger partial charge in [0.15, 0.2) is 0 Å². The quantitative estimate of drug-likeness (QED) is 0.888. The van der Waals surface area contributed by atoms with Gasteiger partial charge in [0.1, 0.15) is 5.60 Å². The molecule has 0 unspecified atom stereocenters. The molecule has 0 atom stereocenters. The molecule has 1 aromatic carbocycles. The number of rotatable bonds is 3. The van der Waals surface area contributed by atoms with E-state index in [1.165, 1.54) is 37.8 Å². The molecule has 2 fully saturated rings. The number of anilines is 1. The summed E-state index contributed by atoms with van der Waals surface area (Å²) in [6.07, 6.45) is 9.64. The predicted molar refractivity (Wildman–Crippen MR) is 113 cm³/mol. The lowest BCUT2D eigenvalue weighted by Gasteiger charge is -2.44. The monoisotopic (exact) mass is 377 g/mol. The van der Waals surface area contributed by atoms with Crippen LogP contribution in [0.5, 0.6) is 0 Å². The molecule has 0 radical (unpaired) electrons. The summed E-state index contributed by atoms with van der Waals surface area (Å²) in [4.78, 5) is 9.59. The maximum Gasteiger partial charge on any atom is 0.109 e. The van der Waals surface area contributed by atoms with Gasteiger partial charge in [0.25, 0.3) is 0 Å². The average Bonchev–Trinajstić information content (AvgIpc) is 3.23.